The summed E-state index contributed by atoms with van der Waals surface area (Å²) >= 11 is 0. The first-order chi connectivity index (χ1) is 10.3. The van der Waals surface area contributed by atoms with E-state index in [1.807, 2.05) is 13.8 Å². The third kappa shape index (κ3) is 4.24. The molecular formula is C17H19F3N2. The lowest BCUT2D eigenvalue weighted by Crippen LogP contribution is -2.28. The van der Waals surface area contributed by atoms with E-state index in [-0.39, 0.29) is 12.3 Å². The maximum absolute atomic E-state index is 12.6. The Morgan fingerprint density at radius 3 is 2.05 bits per heavy atom. The van der Waals surface area contributed by atoms with Gasteiger partial charge in [0.2, 0.25) is 0 Å². The molecule has 0 aliphatic heterocycles. The number of nitrogens with zero attached hydrogens (tertiary/aromatic N) is 2. The molecule has 0 saturated carbocycles. The lowest BCUT2D eigenvalue weighted by molar-refractivity contribution is -0.137. The average molecular weight is 308 g/mol. The summed E-state index contributed by atoms with van der Waals surface area (Å²) in [6, 6.07) is 8.84. The molecule has 0 aliphatic carbocycles. The van der Waals surface area contributed by atoms with Crippen molar-refractivity contribution in [3.63, 3.8) is 0 Å². The zero-order chi connectivity index (χ0) is 16.8. The molecule has 1 rings (SSSR count). The summed E-state index contributed by atoms with van der Waals surface area (Å²) in [5.74, 6) is -0.134. The van der Waals surface area contributed by atoms with Gasteiger partial charge in [-0.05, 0) is 30.0 Å². The number of hydrogen-bond acceptors (Lipinski definition) is 2. The van der Waals surface area contributed by atoms with Crippen LogP contribution < -0.4 is 0 Å². The molecule has 0 heterocycles. The molecule has 5 heteroatoms. The van der Waals surface area contributed by atoms with Gasteiger partial charge in [-0.1, -0.05) is 38.8 Å². The van der Waals surface area contributed by atoms with E-state index in [1.165, 1.54) is 12.1 Å². The maximum atomic E-state index is 12.6. The molecule has 0 N–H and O–H groups in total. The standard InChI is InChI=1S/C17H19F3N2/c1-3-4-5-13(2)16(11-21,12-22)10-14-6-8-15(9-7-14)17(18,19)20/h6-9,13H,3-5,10H2,1-2H3. The summed E-state index contributed by atoms with van der Waals surface area (Å²) in [4.78, 5) is 0. The summed E-state index contributed by atoms with van der Waals surface area (Å²) in [6.07, 6.45) is -1.60. The van der Waals surface area contributed by atoms with Crippen molar-refractivity contribution >= 4 is 0 Å². The third-order valence-corrected chi connectivity index (χ3v) is 4.00. The zero-order valence-electron chi connectivity index (χ0n) is 12.7. The number of hydrogen-bond donors (Lipinski definition) is 0. The molecule has 1 aromatic carbocycles. The van der Waals surface area contributed by atoms with Gasteiger partial charge in [-0.15, -0.1) is 0 Å². The molecular weight excluding hydrogens is 289 g/mol. The van der Waals surface area contributed by atoms with Crippen LogP contribution in [0.2, 0.25) is 0 Å². The predicted octanol–water partition coefficient (Wildman–Crippen LogP) is 5.11. The Kier molecular flexibility index (Phi) is 6.00. The summed E-state index contributed by atoms with van der Waals surface area (Å²) < 4.78 is 37.7. The first-order valence-electron chi connectivity index (χ1n) is 7.27. The van der Waals surface area contributed by atoms with Gasteiger partial charge >= 0.3 is 6.18 Å². The fourth-order valence-corrected chi connectivity index (χ4v) is 2.39. The van der Waals surface area contributed by atoms with E-state index in [1.54, 1.807) is 0 Å². The SMILES string of the molecule is CCCCC(C)C(C#N)(C#N)Cc1ccc(C(F)(F)F)cc1. The van der Waals surface area contributed by atoms with Crippen LogP contribution in [0.1, 0.15) is 44.2 Å². The highest BCUT2D eigenvalue weighted by Gasteiger charge is 2.37. The average Bonchev–Trinajstić information content (AvgIpc) is 2.50. The largest absolute Gasteiger partial charge is 0.416 e. The van der Waals surface area contributed by atoms with Gasteiger partial charge in [-0.2, -0.15) is 23.7 Å². The summed E-state index contributed by atoms with van der Waals surface area (Å²) in [5, 5.41) is 18.9. The van der Waals surface area contributed by atoms with Crippen molar-refractivity contribution in [3.05, 3.63) is 35.4 Å². The Labute approximate surface area is 129 Å². The van der Waals surface area contributed by atoms with E-state index in [4.69, 9.17) is 0 Å². The maximum Gasteiger partial charge on any atom is 0.416 e. The molecule has 0 spiro atoms. The molecule has 0 amide bonds. The van der Waals surface area contributed by atoms with Gasteiger partial charge in [0.05, 0.1) is 17.7 Å². The van der Waals surface area contributed by atoms with Crippen LogP contribution in [-0.2, 0) is 12.6 Å². The van der Waals surface area contributed by atoms with Crippen molar-refractivity contribution in [1.29, 1.82) is 10.5 Å². The Hall–Kier alpha value is -2.01. The predicted molar refractivity (Wildman–Crippen MR) is 77.5 cm³/mol. The smallest absolute Gasteiger partial charge is 0.197 e. The summed E-state index contributed by atoms with van der Waals surface area (Å²) in [5.41, 5.74) is -1.36. The molecule has 0 bridgehead atoms. The second kappa shape index (κ2) is 7.31. The van der Waals surface area contributed by atoms with Gasteiger partial charge in [0, 0.05) is 6.42 Å². The second-order valence-electron chi connectivity index (χ2n) is 5.61. The normalized spacial score (nSPS) is 13.2. The van der Waals surface area contributed by atoms with Crippen LogP contribution >= 0.6 is 0 Å². The second-order valence-corrected chi connectivity index (χ2v) is 5.61. The topological polar surface area (TPSA) is 47.6 Å². The number of nitriles is 2. The van der Waals surface area contributed by atoms with Crippen LogP contribution in [0.25, 0.3) is 0 Å². The molecule has 0 fully saturated rings. The molecule has 1 atom stereocenters. The Bertz CT molecular complexity index is 548. The molecule has 22 heavy (non-hydrogen) atoms. The van der Waals surface area contributed by atoms with Crippen molar-refractivity contribution in [2.24, 2.45) is 11.3 Å². The molecule has 0 aliphatic rings. The minimum Gasteiger partial charge on any atom is -0.197 e. The Balaban J connectivity index is 2.97. The first kappa shape index (κ1) is 18.0. The van der Waals surface area contributed by atoms with E-state index in [2.05, 4.69) is 12.1 Å². The highest BCUT2D eigenvalue weighted by atomic mass is 19.4. The van der Waals surface area contributed by atoms with E-state index >= 15 is 0 Å². The van der Waals surface area contributed by atoms with Gasteiger partial charge in [0.15, 0.2) is 0 Å². The van der Waals surface area contributed by atoms with E-state index in [0.717, 1.165) is 31.4 Å². The molecule has 1 aromatic rings. The number of unbranched alkanes of at least 4 members (excludes halogenated alkanes) is 1. The zero-order valence-corrected chi connectivity index (χ0v) is 12.7. The van der Waals surface area contributed by atoms with Crippen LogP contribution in [0.15, 0.2) is 24.3 Å². The van der Waals surface area contributed by atoms with E-state index in [0.29, 0.717) is 5.56 Å². The first-order valence-corrected chi connectivity index (χ1v) is 7.27. The molecule has 0 saturated heterocycles. The number of alkyl halides is 3. The molecule has 0 aromatic heterocycles. The Morgan fingerprint density at radius 2 is 1.64 bits per heavy atom. The number of benzene rings is 1. The van der Waals surface area contributed by atoms with Crippen molar-refractivity contribution in [1.82, 2.24) is 0 Å². The van der Waals surface area contributed by atoms with Crippen molar-refractivity contribution < 1.29 is 13.2 Å². The van der Waals surface area contributed by atoms with Gasteiger partial charge in [0.1, 0.15) is 5.41 Å². The van der Waals surface area contributed by atoms with Gasteiger partial charge in [-0.3, -0.25) is 0 Å². The van der Waals surface area contributed by atoms with Gasteiger partial charge in [-0.25, -0.2) is 0 Å². The third-order valence-electron chi connectivity index (χ3n) is 4.00. The number of rotatable bonds is 6. The highest BCUT2D eigenvalue weighted by molar-refractivity contribution is 5.29. The lowest BCUT2D eigenvalue weighted by Gasteiger charge is -2.26. The van der Waals surface area contributed by atoms with Crippen LogP contribution in [0.3, 0.4) is 0 Å². The van der Waals surface area contributed by atoms with Gasteiger partial charge < -0.3 is 0 Å². The summed E-state index contributed by atoms with van der Waals surface area (Å²) in [7, 11) is 0. The van der Waals surface area contributed by atoms with Crippen molar-refractivity contribution in [2.45, 2.75) is 45.7 Å². The molecule has 1 unspecified atom stereocenters. The lowest BCUT2D eigenvalue weighted by atomic mass is 9.72. The molecule has 2 nitrogen and oxygen atoms in total. The quantitative estimate of drug-likeness (QED) is 0.733. The van der Waals surface area contributed by atoms with Crippen molar-refractivity contribution in [3.8, 4) is 12.1 Å². The monoisotopic (exact) mass is 308 g/mol. The van der Waals surface area contributed by atoms with E-state index in [9.17, 15) is 23.7 Å². The van der Waals surface area contributed by atoms with Gasteiger partial charge in [0.25, 0.3) is 0 Å². The summed E-state index contributed by atoms with van der Waals surface area (Å²) in [6.45, 7) is 3.88. The van der Waals surface area contributed by atoms with Crippen LogP contribution in [-0.4, -0.2) is 0 Å². The molecule has 0 radical (unpaired) electrons. The Morgan fingerprint density at radius 1 is 1.09 bits per heavy atom. The minimum absolute atomic E-state index is 0.134. The molecule has 118 valence electrons. The number of halogens is 3. The van der Waals surface area contributed by atoms with Crippen LogP contribution in [0.5, 0.6) is 0 Å². The van der Waals surface area contributed by atoms with E-state index < -0.39 is 17.2 Å². The highest BCUT2D eigenvalue weighted by Crippen LogP contribution is 2.35. The fourth-order valence-electron chi connectivity index (χ4n) is 2.39. The van der Waals surface area contributed by atoms with Crippen LogP contribution in [0.4, 0.5) is 13.2 Å². The minimum atomic E-state index is -4.38. The van der Waals surface area contributed by atoms with Crippen LogP contribution in [0, 0.1) is 34.0 Å². The van der Waals surface area contributed by atoms with Crippen molar-refractivity contribution in [2.75, 3.05) is 0 Å². The fraction of sp³-hybridized carbons (Fsp3) is 0.529.